The van der Waals surface area contributed by atoms with Crippen molar-refractivity contribution in [3.8, 4) is 11.5 Å². The Hall–Kier alpha value is -1.29. The largest absolute Gasteiger partial charge is 0.493 e. The highest BCUT2D eigenvalue weighted by Crippen LogP contribution is 2.28. The van der Waals surface area contributed by atoms with E-state index in [-0.39, 0.29) is 11.9 Å². The van der Waals surface area contributed by atoms with Gasteiger partial charge in [0, 0.05) is 6.07 Å². The normalized spacial score (nSPS) is 16.9. The molecule has 94 valence electrons. The number of nitrogens with one attached hydrogen (secondary N) is 1. The van der Waals surface area contributed by atoms with Crippen LogP contribution in [0.3, 0.4) is 0 Å². The summed E-state index contributed by atoms with van der Waals surface area (Å²) in [5, 5.41) is 3.27. The van der Waals surface area contributed by atoms with Crippen LogP contribution in [-0.2, 0) is 0 Å². The monoisotopic (exact) mass is 239 g/mol. The Morgan fingerprint density at radius 1 is 1.29 bits per heavy atom. The van der Waals surface area contributed by atoms with Crippen molar-refractivity contribution in [3.05, 3.63) is 23.5 Å². The van der Waals surface area contributed by atoms with Gasteiger partial charge < -0.3 is 14.8 Å². The number of ether oxygens (including phenoxy) is 2. The van der Waals surface area contributed by atoms with Gasteiger partial charge in [0.25, 0.3) is 0 Å². The van der Waals surface area contributed by atoms with Crippen molar-refractivity contribution in [3.63, 3.8) is 0 Å². The summed E-state index contributed by atoms with van der Waals surface area (Å²) in [5.74, 6) is 0.520. The van der Waals surface area contributed by atoms with Crippen molar-refractivity contribution in [2.45, 2.75) is 25.9 Å². The molecule has 1 aliphatic heterocycles. The van der Waals surface area contributed by atoms with Gasteiger partial charge >= 0.3 is 0 Å². The number of piperidine rings is 1. The number of hydrogen-bond acceptors (Lipinski definition) is 3. The molecule has 0 aliphatic carbocycles. The highest BCUT2D eigenvalue weighted by molar-refractivity contribution is 5.40. The summed E-state index contributed by atoms with van der Waals surface area (Å²) in [7, 11) is 1.47. The van der Waals surface area contributed by atoms with Gasteiger partial charge in [-0.15, -0.1) is 0 Å². The second kappa shape index (κ2) is 5.36. The third-order valence-corrected chi connectivity index (χ3v) is 3.00. The summed E-state index contributed by atoms with van der Waals surface area (Å²) < 4.78 is 24.4. The van der Waals surface area contributed by atoms with Crippen LogP contribution in [0, 0.1) is 12.7 Å². The van der Waals surface area contributed by atoms with Crippen molar-refractivity contribution >= 4 is 0 Å². The van der Waals surface area contributed by atoms with Crippen molar-refractivity contribution in [2.75, 3.05) is 20.2 Å². The van der Waals surface area contributed by atoms with Crippen LogP contribution in [0.15, 0.2) is 12.1 Å². The van der Waals surface area contributed by atoms with Gasteiger partial charge in [-0.05, 0) is 44.5 Å². The van der Waals surface area contributed by atoms with E-state index in [9.17, 15) is 4.39 Å². The Balaban J connectivity index is 2.10. The summed E-state index contributed by atoms with van der Waals surface area (Å²) >= 11 is 0. The maximum atomic E-state index is 13.6. The predicted octanol–water partition coefficient (Wildman–Crippen LogP) is 2.27. The fourth-order valence-corrected chi connectivity index (χ4v) is 2.13. The van der Waals surface area contributed by atoms with E-state index in [0.29, 0.717) is 11.5 Å². The second-order valence-corrected chi connectivity index (χ2v) is 4.32. The zero-order valence-electron chi connectivity index (χ0n) is 10.3. The maximum absolute atomic E-state index is 13.6. The second-order valence-electron chi connectivity index (χ2n) is 4.32. The fraction of sp³-hybridized carbons (Fsp3) is 0.538. The van der Waals surface area contributed by atoms with Gasteiger partial charge in [0.05, 0.1) is 7.11 Å². The molecule has 17 heavy (non-hydrogen) atoms. The summed E-state index contributed by atoms with van der Waals surface area (Å²) in [5.41, 5.74) is 0.761. The third kappa shape index (κ3) is 2.88. The van der Waals surface area contributed by atoms with E-state index in [2.05, 4.69) is 5.32 Å². The van der Waals surface area contributed by atoms with Crippen molar-refractivity contribution < 1.29 is 13.9 Å². The number of halogens is 1. The minimum Gasteiger partial charge on any atom is -0.493 e. The Morgan fingerprint density at radius 2 is 2.00 bits per heavy atom. The standard InChI is InChI=1S/C13H18FNO2/c1-9-7-11(8-12(14)13(9)16-2)17-10-3-5-15-6-4-10/h7-8,10,15H,3-6H2,1-2H3. The van der Waals surface area contributed by atoms with Crippen LogP contribution in [-0.4, -0.2) is 26.3 Å². The minimum atomic E-state index is -0.364. The van der Waals surface area contributed by atoms with Crippen molar-refractivity contribution in [1.82, 2.24) is 5.32 Å². The lowest BCUT2D eigenvalue weighted by molar-refractivity contribution is 0.161. The molecule has 3 nitrogen and oxygen atoms in total. The van der Waals surface area contributed by atoms with E-state index in [4.69, 9.17) is 9.47 Å². The maximum Gasteiger partial charge on any atom is 0.169 e. The molecule has 0 saturated carbocycles. The molecule has 1 heterocycles. The Labute approximate surface area is 101 Å². The summed E-state index contributed by atoms with van der Waals surface area (Å²) in [4.78, 5) is 0. The number of methoxy groups -OCH3 is 1. The molecular formula is C13H18FNO2. The molecule has 0 atom stereocenters. The highest BCUT2D eigenvalue weighted by atomic mass is 19.1. The van der Waals surface area contributed by atoms with Crippen LogP contribution in [0.4, 0.5) is 4.39 Å². The van der Waals surface area contributed by atoms with Gasteiger partial charge in [0.2, 0.25) is 0 Å². The van der Waals surface area contributed by atoms with Gasteiger partial charge in [-0.2, -0.15) is 0 Å². The van der Waals surface area contributed by atoms with E-state index in [1.165, 1.54) is 13.2 Å². The fourth-order valence-electron chi connectivity index (χ4n) is 2.13. The first-order chi connectivity index (χ1) is 8.20. The summed E-state index contributed by atoms with van der Waals surface area (Å²) in [6.07, 6.45) is 2.11. The zero-order valence-corrected chi connectivity index (χ0v) is 10.3. The number of benzene rings is 1. The molecule has 1 aliphatic rings. The van der Waals surface area contributed by atoms with E-state index in [0.717, 1.165) is 31.5 Å². The molecule has 0 bridgehead atoms. The molecule has 0 amide bonds. The van der Waals surface area contributed by atoms with E-state index in [1.807, 2.05) is 13.0 Å². The lowest BCUT2D eigenvalue weighted by atomic mass is 10.1. The molecule has 4 heteroatoms. The third-order valence-electron chi connectivity index (χ3n) is 3.00. The molecule has 1 aromatic carbocycles. The first kappa shape index (κ1) is 12.2. The number of aryl methyl sites for hydroxylation is 1. The Bertz CT molecular complexity index is 366. The predicted molar refractivity (Wildman–Crippen MR) is 64.2 cm³/mol. The zero-order chi connectivity index (χ0) is 12.3. The number of rotatable bonds is 3. The molecular weight excluding hydrogens is 221 g/mol. The summed E-state index contributed by atoms with van der Waals surface area (Å²) in [6, 6.07) is 3.22. The molecule has 0 spiro atoms. The molecule has 0 aromatic heterocycles. The minimum absolute atomic E-state index is 0.184. The lowest BCUT2D eigenvalue weighted by Gasteiger charge is -2.24. The average molecular weight is 239 g/mol. The smallest absolute Gasteiger partial charge is 0.169 e. The van der Waals surface area contributed by atoms with Gasteiger partial charge in [0.1, 0.15) is 11.9 Å². The lowest BCUT2D eigenvalue weighted by Crippen LogP contribution is -2.34. The molecule has 1 aromatic rings. The van der Waals surface area contributed by atoms with Gasteiger partial charge in [0.15, 0.2) is 11.6 Å². The molecule has 0 unspecified atom stereocenters. The number of hydrogen-bond donors (Lipinski definition) is 1. The topological polar surface area (TPSA) is 30.5 Å². The van der Waals surface area contributed by atoms with Crippen LogP contribution in [0.2, 0.25) is 0 Å². The van der Waals surface area contributed by atoms with Crippen molar-refractivity contribution in [2.24, 2.45) is 0 Å². The van der Waals surface area contributed by atoms with E-state index >= 15 is 0 Å². The van der Waals surface area contributed by atoms with Crippen LogP contribution < -0.4 is 14.8 Å². The van der Waals surface area contributed by atoms with Crippen LogP contribution in [0.5, 0.6) is 11.5 Å². The van der Waals surface area contributed by atoms with Crippen LogP contribution >= 0.6 is 0 Å². The highest BCUT2D eigenvalue weighted by Gasteiger charge is 2.16. The van der Waals surface area contributed by atoms with Gasteiger partial charge in [-0.1, -0.05) is 0 Å². The van der Waals surface area contributed by atoms with Crippen LogP contribution in [0.1, 0.15) is 18.4 Å². The Kier molecular flexibility index (Phi) is 3.84. The van der Waals surface area contributed by atoms with Crippen molar-refractivity contribution in [1.29, 1.82) is 0 Å². The first-order valence-corrected chi connectivity index (χ1v) is 5.92. The molecule has 1 N–H and O–H groups in total. The first-order valence-electron chi connectivity index (χ1n) is 5.92. The van der Waals surface area contributed by atoms with Gasteiger partial charge in [-0.25, -0.2) is 4.39 Å². The van der Waals surface area contributed by atoms with E-state index in [1.54, 1.807) is 0 Å². The Morgan fingerprint density at radius 3 is 2.59 bits per heavy atom. The van der Waals surface area contributed by atoms with E-state index < -0.39 is 0 Å². The van der Waals surface area contributed by atoms with Gasteiger partial charge in [-0.3, -0.25) is 0 Å². The average Bonchev–Trinajstić information content (AvgIpc) is 2.30. The molecule has 1 saturated heterocycles. The SMILES string of the molecule is COc1c(C)cc(OC2CCNCC2)cc1F. The molecule has 1 fully saturated rings. The summed E-state index contributed by atoms with van der Waals surface area (Å²) in [6.45, 7) is 3.74. The molecule has 0 radical (unpaired) electrons. The molecule has 2 rings (SSSR count). The van der Waals surface area contributed by atoms with Crippen LogP contribution in [0.25, 0.3) is 0 Å². The quantitative estimate of drug-likeness (QED) is 0.877.